The number of carbonyl (C=O) groups is 1. The van der Waals surface area contributed by atoms with E-state index >= 15 is 0 Å². The summed E-state index contributed by atoms with van der Waals surface area (Å²) in [6.45, 7) is 3.96. The van der Waals surface area contributed by atoms with Crippen LogP contribution in [0.2, 0.25) is 0 Å². The molecule has 4 nitrogen and oxygen atoms in total. The van der Waals surface area contributed by atoms with Gasteiger partial charge in [0, 0.05) is 4.47 Å². The van der Waals surface area contributed by atoms with Crippen molar-refractivity contribution in [3.05, 3.63) is 76.8 Å². The van der Waals surface area contributed by atoms with Gasteiger partial charge in [0.05, 0.1) is 10.9 Å². The number of nitrogens with one attached hydrogen (secondary N) is 2. The number of amidine groups is 1. The van der Waals surface area contributed by atoms with E-state index < -0.39 is 0 Å². The monoisotopic (exact) mass is 401 g/mol. The van der Waals surface area contributed by atoms with Crippen molar-refractivity contribution in [2.45, 2.75) is 11.7 Å². The average molecular weight is 402 g/mol. The standard InChI is InChI=1S/C18H16BrN3OS/c1-12(14-5-3-2-4-6-14)21-22-18-20-17(23)16(24-18)11-13-7-9-15(19)10-8-13/h2-10,16,21H,1,11H2,(H,20,22,23)/t16-/m0/s1. The normalized spacial score (nSPS) is 18.5. The van der Waals surface area contributed by atoms with Crippen LogP contribution >= 0.6 is 27.7 Å². The van der Waals surface area contributed by atoms with E-state index in [1.165, 1.54) is 11.8 Å². The van der Waals surface area contributed by atoms with Gasteiger partial charge in [-0.3, -0.25) is 10.2 Å². The molecule has 1 heterocycles. The molecule has 122 valence electrons. The zero-order valence-electron chi connectivity index (χ0n) is 12.8. The predicted octanol–water partition coefficient (Wildman–Crippen LogP) is 3.75. The molecule has 3 rings (SSSR count). The SMILES string of the molecule is C=C(N/N=C1\NC(=O)[C@H](Cc2ccc(Br)cc2)S1)c1ccccc1. The fourth-order valence-corrected chi connectivity index (χ4v) is 3.48. The lowest BCUT2D eigenvalue weighted by Crippen LogP contribution is -2.26. The van der Waals surface area contributed by atoms with E-state index in [-0.39, 0.29) is 11.2 Å². The Kier molecular flexibility index (Phi) is 5.37. The molecule has 0 spiro atoms. The van der Waals surface area contributed by atoms with Crippen LogP contribution in [0.1, 0.15) is 11.1 Å². The molecule has 24 heavy (non-hydrogen) atoms. The van der Waals surface area contributed by atoms with E-state index in [0.717, 1.165) is 15.6 Å². The number of nitrogens with zero attached hydrogens (tertiary/aromatic N) is 1. The zero-order chi connectivity index (χ0) is 16.9. The van der Waals surface area contributed by atoms with Crippen LogP contribution in [0.25, 0.3) is 5.70 Å². The van der Waals surface area contributed by atoms with Crippen molar-refractivity contribution in [2.24, 2.45) is 5.10 Å². The fourth-order valence-electron chi connectivity index (χ4n) is 2.25. The topological polar surface area (TPSA) is 53.5 Å². The fraction of sp³-hybridized carbons (Fsp3) is 0.111. The Morgan fingerprint density at radius 2 is 1.92 bits per heavy atom. The quantitative estimate of drug-likeness (QED) is 0.749. The van der Waals surface area contributed by atoms with Crippen molar-refractivity contribution in [3.63, 3.8) is 0 Å². The third kappa shape index (κ3) is 4.27. The number of benzene rings is 2. The maximum atomic E-state index is 12.1. The summed E-state index contributed by atoms with van der Waals surface area (Å²) < 4.78 is 1.03. The predicted molar refractivity (Wildman–Crippen MR) is 103 cm³/mol. The van der Waals surface area contributed by atoms with Gasteiger partial charge in [-0.15, -0.1) is 5.10 Å². The molecule has 0 unspecified atom stereocenters. The Balaban J connectivity index is 1.59. The first kappa shape index (κ1) is 16.8. The van der Waals surface area contributed by atoms with Gasteiger partial charge in [-0.05, 0) is 29.7 Å². The summed E-state index contributed by atoms with van der Waals surface area (Å²) >= 11 is 4.84. The van der Waals surface area contributed by atoms with Crippen LogP contribution < -0.4 is 10.7 Å². The Hall–Kier alpha value is -2.05. The van der Waals surface area contributed by atoms with E-state index in [2.05, 4.69) is 38.4 Å². The van der Waals surface area contributed by atoms with Gasteiger partial charge < -0.3 is 5.32 Å². The highest BCUT2D eigenvalue weighted by Gasteiger charge is 2.30. The molecule has 1 aliphatic rings. The van der Waals surface area contributed by atoms with E-state index in [1.807, 2.05) is 54.6 Å². The first-order chi connectivity index (χ1) is 11.6. The second-order valence-electron chi connectivity index (χ2n) is 5.30. The van der Waals surface area contributed by atoms with Crippen molar-refractivity contribution >= 4 is 44.5 Å². The number of thioether (sulfide) groups is 1. The van der Waals surface area contributed by atoms with Gasteiger partial charge in [0.2, 0.25) is 5.91 Å². The summed E-state index contributed by atoms with van der Waals surface area (Å²) in [6.07, 6.45) is 0.669. The van der Waals surface area contributed by atoms with Gasteiger partial charge in [-0.25, -0.2) is 0 Å². The molecule has 0 aliphatic carbocycles. The molecule has 0 saturated carbocycles. The van der Waals surface area contributed by atoms with Gasteiger partial charge in [0.15, 0.2) is 5.17 Å². The largest absolute Gasteiger partial charge is 0.303 e. The summed E-state index contributed by atoms with van der Waals surface area (Å²) in [6, 6.07) is 17.7. The lowest BCUT2D eigenvalue weighted by molar-refractivity contribution is -0.118. The summed E-state index contributed by atoms with van der Waals surface area (Å²) in [5.74, 6) is -0.0196. The van der Waals surface area contributed by atoms with Gasteiger partial charge in [0.25, 0.3) is 0 Å². The molecule has 6 heteroatoms. The smallest absolute Gasteiger partial charge is 0.239 e. The first-order valence-electron chi connectivity index (χ1n) is 7.42. The van der Waals surface area contributed by atoms with Crippen LogP contribution in [0.3, 0.4) is 0 Å². The minimum atomic E-state index is -0.170. The summed E-state index contributed by atoms with van der Waals surface area (Å²) in [4.78, 5) is 12.1. The molecule has 1 fully saturated rings. The Morgan fingerprint density at radius 1 is 1.21 bits per heavy atom. The molecule has 0 aromatic heterocycles. The lowest BCUT2D eigenvalue weighted by atomic mass is 10.1. The molecule has 1 atom stereocenters. The number of hydrogen-bond donors (Lipinski definition) is 2. The highest BCUT2D eigenvalue weighted by molar-refractivity contribution is 9.10. The van der Waals surface area contributed by atoms with E-state index in [1.54, 1.807) is 0 Å². The number of hydrazone groups is 1. The van der Waals surface area contributed by atoms with Crippen molar-refractivity contribution in [1.29, 1.82) is 0 Å². The van der Waals surface area contributed by atoms with Crippen molar-refractivity contribution in [2.75, 3.05) is 0 Å². The third-order valence-electron chi connectivity index (χ3n) is 3.53. The van der Waals surface area contributed by atoms with E-state index in [0.29, 0.717) is 17.3 Å². The maximum Gasteiger partial charge on any atom is 0.239 e. The Bertz CT molecular complexity index is 775. The molecular weight excluding hydrogens is 386 g/mol. The maximum absolute atomic E-state index is 12.1. The van der Waals surface area contributed by atoms with E-state index in [9.17, 15) is 4.79 Å². The molecular formula is C18H16BrN3OS. The lowest BCUT2D eigenvalue weighted by Gasteiger charge is -2.06. The molecule has 1 saturated heterocycles. The molecule has 0 radical (unpaired) electrons. The van der Waals surface area contributed by atoms with Crippen molar-refractivity contribution < 1.29 is 4.79 Å². The van der Waals surface area contributed by atoms with Crippen LogP contribution in [-0.4, -0.2) is 16.3 Å². The minimum Gasteiger partial charge on any atom is -0.303 e. The summed E-state index contributed by atoms with van der Waals surface area (Å²) in [7, 11) is 0. The summed E-state index contributed by atoms with van der Waals surface area (Å²) in [5, 5.41) is 7.45. The Morgan fingerprint density at radius 3 is 2.62 bits per heavy atom. The van der Waals surface area contributed by atoms with Crippen LogP contribution in [0, 0.1) is 0 Å². The molecule has 2 aromatic rings. The van der Waals surface area contributed by atoms with E-state index in [4.69, 9.17) is 0 Å². The second kappa shape index (κ2) is 7.68. The molecule has 2 aromatic carbocycles. The molecule has 2 N–H and O–H groups in total. The number of hydrogen-bond acceptors (Lipinski definition) is 4. The van der Waals surface area contributed by atoms with Crippen molar-refractivity contribution in [3.8, 4) is 0 Å². The number of carbonyl (C=O) groups excluding carboxylic acids is 1. The van der Waals surface area contributed by atoms with Gasteiger partial charge in [-0.1, -0.05) is 76.7 Å². The first-order valence-corrected chi connectivity index (χ1v) is 9.09. The van der Waals surface area contributed by atoms with Crippen LogP contribution in [0.15, 0.2) is 70.8 Å². The molecule has 0 bridgehead atoms. The van der Waals surface area contributed by atoms with Crippen LogP contribution in [0.5, 0.6) is 0 Å². The van der Waals surface area contributed by atoms with Crippen LogP contribution in [-0.2, 0) is 11.2 Å². The Labute approximate surface area is 153 Å². The minimum absolute atomic E-state index is 0.0196. The number of rotatable bonds is 5. The van der Waals surface area contributed by atoms with Gasteiger partial charge in [0.1, 0.15) is 0 Å². The summed E-state index contributed by atoms with van der Waals surface area (Å²) in [5.41, 5.74) is 5.67. The average Bonchev–Trinajstić information content (AvgIpc) is 2.95. The highest BCUT2D eigenvalue weighted by Crippen LogP contribution is 2.24. The zero-order valence-corrected chi connectivity index (χ0v) is 15.2. The molecule has 1 amide bonds. The second-order valence-corrected chi connectivity index (χ2v) is 7.41. The van der Waals surface area contributed by atoms with Gasteiger partial charge in [-0.2, -0.15) is 0 Å². The van der Waals surface area contributed by atoms with Crippen molar-refractivity contribution in [1.82, 2.24) is 10.7 Å². The molecule has 1 aliphatic heterocycles. The van der Waals surface area contributed by atoms with Gasteiger partial charge >= 0.3 is 0 Å². The number of halogens is 1. The third-order valence-corrected chi connectivity index (χ3v) is 5.14. The van der Waals surface area contributed by atoms with Crippen LogP contribution in [0.4, 0.5) is 0 Å². The number of amides is 1. The highest BCUT2D eigenvalue weighted by atomic mass is 79.9.